The third-order valence-corrected chi connectivity index (χ3v) is 2.80. The number of rotatable bonds is 9. The van der Waals surface area contributed by atoms with Gasteiger partial charge in [-0.15, -0.1) is 0 Å². The Morgan fingerprint density at radius 1 is 1.35 bits per heavy atom. The van der Waals surface area contributed by atoms with E-state index in [9.17, 15) is 5.11 Å². The van der Waals surface area contributed by atoms with Gasteiger partial charge in [-0.25, -0.2) is 0 Å². The predicted molar refractivity (Wildman–Crippen MR) is 77.7 cm³/mol. The van der Waals surface area contributed by atoms with Crippen molar-refractivity contribution in [3.8, 4) is 5.75 Å². The molecule has 0 aromatic heterocycles. The molecule has 1 rings (SSSR count). The van der Waals surface area contributed by atoms with Crippen LogP contribution in [0.25, 0.3) is 0 Å². The maximum Gasteiger partial charge on any atom is 0.120 e. The first kappa shape index (κ1) is 16.5. The number of nitrogens with zero attached hydrogens (tertiary/aromatic N) is 1. The molecule has 0 fully saturated rings. The Kier molecular flexibility index (Phi) is 7.69. The molecule has 1 aromatic rings. The van der Waals surface area contributed by atoms with Crippen molar-refractivity contribution in [1.29, 1.82) is 0 Å². The first-order chi connectivity index (χ1) is 9.67. The zero-order valence-corrected chi connectivity index (χ0v) is 12.1. The monoisotopic (exact) mass is 281 g/mol. The van der Waals surface area contributed by atoms with Crippen LogP contribution >= 0.6 is 0 Å². The number of hydrogen-bond acceptors (Lipinski definition) is 5. The Morgan fingerprint density at radius 3 is 2.85 bits per heavy atom. The van der Waals surface area contributed by atoms with Gasteiger partial charge in [-0.1, -0.05) is 30.6 Å². The lowest BCUT2D eigenvalue weighted by molar-refractivity contribution is 0.0113. The second-order valence-electron chi connectivity index (χ2n) is 4.61. The second kappa shape index (κ2) is 9.34. The molecule has 0 amide bonds. The van der Waals surface area contributed by atoms with Crippen molar-refractivity contribution in [3.63, 3.8) is 0 Å². The fourth-order valence-electron chi connectivity index (χ4n) is 1.57. The SMILES string of the molecule is CCCCOCC(O)COc1cccc(/C(C)=N/O)c1. The van der Waals surface area contributed by atoms with Gasteiger partial charge < -0.3 is 19.8 Å². The molecule has 0 radical (unpaired) electrons. The number of aliphatic hydroxyl groups excluding tert-OH is 1. The van der Waals surface area contributed by atoms with Gasteiger partial charge in [-0.05, 0) is 25.5 Å². The minimum absolute atomic E-state index is 0.172. The molecule has 2 N–H and O–H groups in total. The minimum atomic E-state index is -0.650. The lowest BCUT2D eigenvalue weighted by Crippen LogP contribution is -2.23. The Balaban J connectivity index is 2.37. The number of hydrogen-bond donors (Lipinski definition) is 2. The molecule has 0 heterocycles. The molecular weight excluding hydrogens is 258 g/mol. The summed E-state index contributed by atoms with van der Waals surface area (Å²) in [5, 5.41) is 21.6. The Morgan fingerprint density at radius 2 is 2.15 bits per heavy atom. The van der Waals surface area contributed by atoms with E-state index in [0.717, 1.165) is 18.4 Å². The fourth-order valence-corrected chi connectivity index (χ4v) is 1.57. The van der Waals surface area contributed by atoms with Crippen LogP contribution in [0.4, 0.5) is 0 Å². The van der Waals surface area contributed by atoms with E-state index in [4.69, 9.17) is 14.7 Å². The molecular formula is C15H23NO4. The molecule has 0 aliphatic rings. The highest BCUT2D eigenvalue weighted by Crippen LogP contribution is 2.14. The van der Waals surface area contributed by atoms with E-state index in [1.807, 2.05) is 12.1 Å². The Labute approximate surface area is 119 Å². The number of benzene rings is 1. The summed E-state index contributed by atoms with van der Waals surface area (Å²) in [5.74, 6) is 0.623. The highest BCUT2D eigenvalue weighted by molar-refractivity contribution is 5.98. The van der Waals surface area contributed by atoms with E-state index in [0.29, 0.717) is 18.1 Å². The van der Waals surface area contributed by atoms with Gasteiger partial charge >= 0.3 is 0 Å². The number of ether oxygens (including phenoxy) is 2. The highest BCUT2D eigenvalue weighted by atomic mass is 16.5. The van der Waals surface area contributed by atoms with Crippen LogP contribution in [0.15, 0.2) is 29.4 Å². The zero-order chi connectivity index (χ0) is 14.8. The largest absolute Gasteiger partial charge is 0.491 e. The molecule has 0 bridgehead atoms. The molecule has 1 aromatic carbocycles. The molecule has 1 atom stereocenters. The maximum atomic E-state index is 9.72. The first-order valence-electron chi connectivity index (χ1n) is 6.85. The summed E-state index contributed by atoms with van der Waals surface area (Å²) in [7, 11) is 0. The summed E-state index contributed by atoms with van der Waals surface area (Å²) >= 11 is 0. The van der Waals surface area contributed by atoms with Crippen molar-refractivity contribution >= 4 is 5.71 Å². The van der Waals surface area contributed by atoms with E-state index in [2.05, 4.69) is 12.1 Å². The van der Waals surface area contributed by atoms with Crippen LogP contribution in [-0.4, -0.2) is 42.0 Å². The van der Waals surface area contributed by atoms with Crippen LogP contribution < -0.4 is 4.74 Å². The van der Waals surface area contributed by atoms with Gasteiger partial charge in [0, 0.05) is 12.2 Å². The average Bonchev–Trinajstić information content (AvgIpc) is 2.49. The van der Waals surface area contributed by atoms with Crippen molar-refractivity contribution in [2.24, 2.45) is 5.16 Å². The third-order valence-electron chi connectivity index (χ3n) is 2.80. The molecule has 112 valence electrons. The second-order valence-corrected chi connectivity index (χ2v) is 4.61. The highest BCUT2D eigenvalue weighted by Gasteiger charge is 2.06. The molecule has 0 saturated heterocycles. The number of oxime groups is 1. The summed E-state index contributed by atoms with van der Waals surface area (Å²) in [5.41, 5.74) is 1.29. The lowest BCUT2D eigenvalue weighted by atomic mass is 10.1. The van der Waals surface area contributed by atoms with Crippen LogP contribution in [0.2, 0.25) is 0 Å². The zero-order valence-electron chi connectivity index (χ0n) is 12.1. The molecule has 5 heteroatoms. The van der Waals surface area contributed by atoms with Gasteiger partial charge in [0.15, 0.2) is 0 Å². The van der Waals surface area contributed by atoms with Gasteiger partial charge in [-0.3, -0.25) is 0 Å². The number of unbranched alkanes of at least 4 members (excludes halogenated alkanes) is 1. The van der Waals surface area contributed by atoms with Crippen LogP contribution in [0.1, 0.15) is 32.3 Å². The van der Waals surface area contributed by atoms with Gasteiger partial charge in [0.2, 0.25) is 0 Å². The van der Waals surface area contributed by atoms with Crippen molar-refractivity contribution in [1.82, 2.24) is 0 Å². The smallest absolute Gasteiger partial charge is 0.120 e. The van der Waals surface area contributed by atoms with Gasteiger partial charge in [0.25, 0.3) is 0 Å². The topological polar surface area (TPSA) is 71.3 Å². The van der Waals surface area contributed by atoms with Gasteiger partial charge in [0.05, 0.1) is 12.3 Å². The van der Waals surface area contributed by atoms with Crippen LogP contribution in [0.5, 0.6) is 5.75 Å². The van der Waals surface area contributed by atoms with Crippen LogP contribution in [-0.2, 0) is 4.74 Å². The van der Waals surface area contributed by atoms with E-state index < -0.39 is 6.10 Å². The summed E-state index contributed by atoms with van der Waals surface area (Å²) in [6.07, 6.45) is 1.42. The van der Waals surface area contributed by atoms with E-state index >= 15 is 0 Å². The molecule has 0 aliphatic heterocycles. The summed E-state index contributed by atoms with van der Waals surface area (Å²) in [4.78, 5) is 0. The summed E-state index contributed by atoms with van der Waals surface area (Å²) in [6.45, 7) is 4.90. The molecule has 0 saturated carbocycles. The normalized spacial score (nSPS) is 13.2. The number of aliphatic hydroxyl groups is 1. The summed E-state index contributed by atoms with van der Waals surface area (Å²) in [6, 6.07) is 7.19. The first-order valence-corrected chi connectivity index (χ1v) is 6.85. The molecule has 1 unspecified atom stereocenters. The Bertz CT molecular complexity index is 420. The average molecular weight is 281 g/mol. The van der Waals surface area contributed by atoms with Crippen molar-refractivity contribution in [3.05, 3.63) is 29.8 Å². The predicted octanol–water partition coefficient (Wildman–Crippen LogP) is 2.44. The summed E-state index contributed by atoms with van der Waals surface area (Å²) < 4.78 is 10.8. The van der Waals surface area contributed by atoms with E-state index in [1.54, 1.807) is 19.1 Å². The lowest BCUT2D eigenvalue weighted by Gasteiger charge is -2.13. The third kappa shape index (κ3) is 6.04. The van der Waals surface area contributed by atoms with Crippen molar-refractivity contribution in [2.75, 3.05) is 19.8 Å². The standard InChI is InChI=1S/C15H23NO4/c1-3-4-8-19-10-14(17)11-20-15-7-5-6-13(9-15)12(2)16-18/h5-7,9,14,17-18H,3-4,8,10-11H2,1-2H3/b16-12+. The fraction of sp³-hybridized carbons (Fsp3) is 0.533. The molecule has 0 aliphatic carbocycles. The van der Waals surface area contributed by atoms with Crippen molar-refractivity contribution < 1.29 is 19.8 Å². The van der Waals surface area contributed by atoms with Crippen LogP contribution in [0, 0.1) is 0 Å². The van der Waals surface area contributed by atoms with E-state index in [1.165, 1.54) is 0 Å². The molecule has 5 nitrogen and oxygen atoms in total. The van der Waals surface area contributed by atoms with Crippen molar-refractivity contribution in [2.45, 2.75) is 32.8 Å². The molecule has 0 spiro atoms. The van der Waals surface area contributed by atoms with Crippen LogP contribution in [0.3, 0.4) is 0 Å². The Hall–Kier alpha value is -1.59. The minimum Gasteiger partial charge on any atom is -0.491 e. The molecule has 20 heavy (non-hydrogen) atoms. The maximum absolute atomic E-state index is 9.72. The quantitative estimate of drug-likeness (QED) is 0.316. The van der Waals surface area contributed by atoms with E-state index in [-0.39, 0.29) is 13.2 Å². The van der Waals surface area contributed by atoms with Gasteiger partial charge in [0.1, 0.15) is 18.5 Å². The van der Waals surface area contributed by atoms with Gasteiger partial charge in [-0.2, -0.15) is 0 Å².